The standard InChI is InChI=1S/C22H20N2O4.C2H6/c1-14-17-10-6-7-11-18(17)22(28)24(14)20(21(27)23-15(2)25)19(26)13-12-16-8-4-3-5-9-16;1-2/h3-11,20H,1,12-13H2,2H3,(H,23,25,27);1-2H3. The molecule has 3 amide bonds. The average Bonchev–Trinajstić information content (AvgIpc) is 3.00. The molecule has 6 heteroatoms. The van der Waals surface area contributed by atoms with E-state index in [-0.39, 0.29) is 12.1 Å². The van der Waals surface area contributed by atoms with Gasteiger partial charge in [0.2, 0.25) is 5.91 Å². The zero-order valence-electron chi connectivity index (χ0n) is 17.5. The van der Waals surface area contributed by atoms with E-state index >= 15 is 0 Å². The number of ketones is 1. The highest BCUT2D eigenvalue weighted by Gasteiger charge is 2.42. The molecule has 0 saturated heterocycles. The van der Waals surface area contributed by atoms with Crippen molar-refractivity contribution >= 4 is 29.2 Å². The Kier molecular flexibility index (Phi) is 7.81. The van der Waals surface area contributed by atoms with Gasteiger partial charge in [-0.05, 0) is 18.1 Å². The Balaban J connectivity index is 0.00000155. The van der Waals surface area contributed by atoms with Gasteiger partial charge in [-0.1, -0.05) is 69.0 Å². The van der Waals surface area contributed by atoms with Crippen molar-refractivity contribution in [3.8, 4) is 0 Å². The molecule has 30 heavy (non-hydrogen) atoms. The van der Waals surface area contributed by atoms with E-state index in [1.54, 1.807) is 24.3 Å². The second-order valence-corrected chi connectivity index (χ2v) is 6.57. The van der Waals surface area contributed by atoms with Crippen LogP contribution in [0.3, 0.4) is 0 Å². The number of carbonyl (C=O) groups is 4. The van der Waals surface area contributed by atoms with Crippen molar-refractivity contribution in [1.82, 2.24) is 10.2 Å². The molecule has 0 fully saturated rings. The molecule has 2 aromatic rings. The fraction of sp³-hybridized carbons (Fsp3) is 0.250. The van der Waals surface area contributed by atoms with E-state index in [1.807, 2.05) is 44.2 Å². The summed E-state index contributed by atoms with van der Waals surface area (Å²) in [5.41, 5.74) is 2.17. The third-order valence-electron chi connectivity index (χ3n) is 4.59. The second kappa shape index (κ2) is 10.3. The van der Waals surface area contributed by atoms with Crippen LogP contribution in [0.5, 0.6) is 0 Å². The van der Waals surface area contributed by atoms with E-state index in [2.05, 4.69) is 11.9 Å². The maximum absolute atomic E-state index is 13.0. The normalized spacial score (nSPS) is 13.1. The highest BCUT2D eigenvalue weighted by molar-refractivity contribution is 6.18. The summed E-state index contributed by atoms with van der Waals surface area (Å²) in [6, 6.07) is 14.7. The zero-order valence-corrected chi connectivity index (χ0v) is 17.5. The lowest BCUT2D eigenvalue weighted by Crippen LogP contribution is -2.52. The van der Waals surface area contributed by atoms with Crippen LogP contribution in [-0.4, -0.2) is 34.4 Å². The van der Waals surface area contributed by atoms with Gasteiger partial charge in [0.15, 0.2) is 11.8 Å². The van der Waals surface area contributed by atoms with Crippen molar-refractivity contribution in [1.29, 1.82) is 0 Å². The third kappa shape index (κ3) is 4.89. The van der Waals surface area contributed by atoms with E-state index in [1.165, 1.54) is 6.92 Å². The van der Waals surface area contributed by atoms with Crippen molar-refractivity contribution in [2.45, 2.75) is 39.7 Å². The van der Waals surface area contributed by atoms with Crippen LogP contribution in [0.1, 0.15) is 48.7 Å². The molecule has 1 aliphatic heterocycles. The lowest BCUT2D eigenvalue weighted by Gasteiger charge is -2.26. The van der Waals surface area contributed by atoms with Crippen LogP contribution in [0.4, 0.5) is 0 Å². The summed E-state index contributed by atoms with van der Waals surface area (Å²) in [6.45, 7) is 9.08. The second-order valence-electron chi connectivity index (χ2n) is 6.57. The fourth-order valence-corrected chi connectivity index (χ4v) is 3.27. The Morgan fingerprint density at radius 1 is 0.967 bits per heavy atom. The van der Waals surface area contributed by atoms with Crippen LogP contribution in [0.25, 0.3) is 5.70 Å². The van der Waals surface area contributed by atoms with E-state index in [4.69, 9.17) is 0 Å². The first-order valence-corrected chi connectivity index (χ1v) is 9.90. The first-order valence-electron chi connectivity index (χ1n) is 9.90. The molecule has 1 atom stereocenters. The number of rotatable bonds is 6. The van der Waals surface area contributed by atoms with E-state index in [0.717, 1.165) is 10.5 Å². The summed E-state index contributed by atoms with van der Waals surface area (Å²) < 4.78 is 0. The van der Waals surface area contributed by atoms with Gasteiger partial charge in [-0.2, -0.15) is 0 Å². The SMILES string of the molecule is C=C1c2ccccc2C(=O)N1C(C(=O)CCc1ccccc1)C(=O)NC(C)=O.CC. The summed E-state index contributed by atoms with van der Waals surface area (Å²) in [6.07, 6.45) is 0.471. The lowest BCUT2D eigenvalue weighted by molar-refractivity contribution is -0.136. The Bertz CT molecular complexity index is 931. The summed E-state index contributed by atoms with van der Waals surface area (Å²) >= 11 is 0. The van der Waals surface area contributed by atoms with Crippen molar-refractivity contribution in [3.05, 3.63) is 77.9 Å². The Labute approximate surface area is 176 Å². The molecule has 1 aliphatic rings. The number of aryl methyl sites for hydroxylation is 1. The van der Waals surface area contributed by atoms with Crippen molar-refractivity contribution in [2.24, 2.45) is 0 Å². The zero-order chi connectivity index (χ0) is 22.3. The Morgan fingerprint density at radius 3 is 2.10 bits per heavy atom. The van der Waals surface area contributed by atoms with Crippen LogP contribution in [0.15, 0.2) is 61.2 Å². The van der Waals surface area contributed by atoms with Crippen molar-refractivity contribution in [2.75, 3.05) is 0 Å². The van der Waals surface area contributed by atoms with E-state index in [9.17, 15) is 19.2 Å². The largest absolute Gasteiger partial charge is 0.297 e. The maximum atomic E-state index is 13.0. The first kappa shape index (κ1) is 22.7. The van der Waals surface area contributed by atoms with Crippen LogP contribution < -0.4 is 5.32 Å². The molecule has 1 heterocycles. The molecule has 0 saturated carbocycles. The molecular formula is C24H26N2O4. The monoisotopic (exact) mass is 406 g/mol. The smallest absolute Gasteiger partial charge is 0.260 e. The van der Waals surface area contributed by atoms with E-state index < -0.39 is 29.5 Å². The molecule has 0 aliphatic carbocycles. The number of nitrogens with zero attached hydrogens (tertiary/aromatic N) is 1. The molecule has 0 spiro atoms. The molecule has 0 aromatic heterocycles. The van der Waals surface area contributed by atoms with E-state index in [0.29, 0.717) is 17.5 Å². The summed E-state index contributed by atoms with van der Waals surface area (Å²) in [7, 11) is 0. The first-order chi connectivity index (χ1) is 14.4. The summed E-state index contributed by atoms with van der Waals surface area (Å²) in [5, 5.41) is 2.13. The lowest BCUT2D eigenvalue weighted by atomic mass is 10.0. The Morgan fingerprint density at radius 2 is 1.53 bits per heavy atom. The maximum Gasteiger partial charge on any atom is 0.260 e. The number of carbonyl (C=O) groups excluding carboxylic acids is 4. The van der Waals surface area contributed by atoms with Gasteiger partial charge in [-0.25, -0.2) is 0 Å². The van der Waals surface area contributed by atoms with Gasteiger partial charge < -0.3 is 0 Å². The minimum Gasteiger partial charge on any atom is -0.297 e. The van der Waals surface area contributed by atoms with Gasteiger partial charge in [0.1, 0.15) is 0 Å². The number of hydrogen-bond donors (Lipinski definition) is 1. The molecule has 0 bridgehead atoms. The molecule has 2 aromatic carbocycles. The van der Waals surface area contributed by atoms with Gasteiger partial charge in [0, 0.05) is 30.2 Å². The summed E-state index contributed by atoms with van der Waals surface area (Å²) in [5.74, 6) is -2.35. The topological polar surface area (TPSA) is 83.6 Å². The fourth-order valence-electron chi connectivity index (χ4n) is 3.27. The van der Waals surface area contributed by atoms with Crippen LogP contribution in [0, 0.1) is 0 Å². The Hall–Kier alpha value is -3.54. The van der Waals surface area contributed by atoms with Gasteiger partial charge in [0.05, 0.1) is 0 Å². The number of imide groups is 1. The molecule has 6 nitrogen and oxygen atoms in total. The minimum absolute atomic E-state index is 0.0490. The number of benzene rings is 2. The van der Waals surface area contributed by atoms with Crippen LogP contribution in [-0.2, 0) is 20.8 Å². The number of nitrogens with one attached hydrogen (secondary N) is 1. The molecule has 1 N–H and O–H groups in total. The number of hydrogen-bond acceptors (Lipinski definition) is 4. The highest BCUT2D eigenvalue weighted by atomic mass is 16.2. The molecular weight excluding hydrogens is 380 g/mol. The van der Waals surface area contributed by atoms with Crippen LogP contribution >= 0.6 is 0 Å². The third-order valence-corrected chi connectivity index (χ3v) is 4.59. The average molecular weight is 406 g/mol. The molecule has 0 radical (unpaired) electrons. The van der Waals surface area contributed by atoms with Crippen LogP contribution in [0.2, 0.25) is 0 Å². The van der Waals surface area contributed by atoms with Crippen molar-refractivity contribution in [3.63, 3.8) is 0 Å². The molecule has 156 valence electrons. The van der Waals surface area contributed by atoms with Gasteiger partial charge in [-0.3, -0.25) is 29.4 Å². The molecule has 3 rings (SSSR count). The number of fused-ring (bicyclic) bond motifs is 1. The predicted octanol–water partition coefficient (Wildman–Crippen LogP) is 3.37. The summed E-state index contributed by atoms with van der Waals surface area (Å²) in [4.78, 5) is 51.0. The quantitative estimate of drug-likeness (QED) is 0.746. The number of amides is 3. The molecule has 1 unspecified atom stereocenters. The van der Waals surface area contributed by atoms with Gasteiger partial charge in [-0.15, -0.1) is 0 Å². The van der Waals surface area contributed by atoms with Gasteiger partial charge >= 0.3 is 0 Å². The minimum atomic E-state index is -1.44. The number of Topliss-reactive ketones (excluding diaryl/α,β-unsaturated/α-hetero) is 1. The van der Waals surface area contributed by atoms with Gasteiger partial charge in [0.25, 0.3) is 11.8 Å². The van der Waals surface area contributed by atoms with Crippen molar-refractivity contribution < 1.29 is 19.2 Å². The predicted molar refractivity (Wildman–Crippen MR) is 115 cm³/mol. The highest BCUT2D eigenvalue weighted by Crippen LogP contribution is 2.33.